The van der Waals surface area contributed by atoms with Gasteiger partial charge in [-0.05, 0) is 32.1 Å². The zero-order chi connectivity index (χ0) is 12.7. The molecule has 3 heterocycles. The van der Waals surface area contributed by atoms with Crippen LogP contribution in [0.3, 0.4) is 0 Å². The molecule has 18 heavy (non-hydrogen) atoms. The van der Waals surface area contributed by atoms with E-state index < -0.39 is 0 Å². The summed E-state index contributed by atoms with van der Waals surface area (Å²) in [5.74, 6) is 0.310. The predicted molar refractivity (Wildman–Crippen MR) is 71.1 cm³/mol. The number of hydrogen-bond donors (Lipinski definition) is 1. The minimum Gasteiger partial charge on any atom is -0.344 e. The van der Waals surface area contributed by atoms with Crippen molar-refractivity contribution in [3.63, 3.8) is 0 Å². The summed E-state index contributed by atoms with van der Waals surface area (Å²) in [6.45, 7) is 0.918. The average Bonchev–Trinajstić information content (AvgIpc) is 2.32. The Morgan fingerprint density at radius 1 is 1.11 bits per heavy atom. The number of nitrogens with two attached hydrogens (primary N) is 1. The number of likely N-dealkylation sites (tertiary alicyclic amines) is 1. The molecule has 0 aromatic rings. The second-order valence-electron chi connectivity index (χ2n) is 6.38. The quantitative estimate of drug-likeness (QED) is 0.755. The predicted octanol–water partition coefficient (Wildman–Crippen LogP) is 0.951. The van der Waals surface area contributed by atoms with Gasteiger partial charge >= 0.3 is 0 Å². The van der Waals surface area contributed by atoms with E-state index in [-0.39, 0.29) is 0 Å². The summed E-state index contributed by atoms with van der Waals surface area (Å²) in [6, 6.07) is 2.34. The first-order valence-electron chi connectivity index (χ1n) is 7.42. The fourth-order valence-corrected chi connectivity index (χ4v) is 4.29. The van der Waals surface area contributed by atoms with Gasteiger partial charge in [-0.2, -0.15) is 0 Å². The third kappa shape index (κ3) is 2.16. The lowest BCUT2D eigenvalue weighted by Gasteiger charge is -2.53. The lowest BCUT2D eigenvalue weighted by molar-refractivity contribution is -0.135. The van der Waals surface area contributed by atoms with Crippen molar-refractivity contribution in [3.8, 4) is 0 Å². The van der Waals surface area contributed by atoms with Crippen LogP contribution in [0.1, 0.15) is 44.9 Å². The Balaban J connectivity index is 1.73. The first-order valence-corrected chi connectivity index (χ1v) is 7.42. The van der Waals surface area contributed by atoms with Crippen LogP contribution >= 0.6 is 0 Å². The molecular formula is C14H25N3O. The SMILES string of the molecule is CN1CC(N2C3CCCC2CC(N)C3)CCC1=O. The molecule has 3 aliphatic heterocycles. The number of likely N-dealkylation sites (N-methyl/N-ethyl adjacent to an activating group) is 1. The Labute approximate surface area is 109 Å². The zero-order valence-electron chi connectivity index (χ0n) is 11.3. The van der Waals surface area contributed by atoms with Crippen molar-refractivity contribution >= 4 is 5.91 Å². The van der Waals surface area contributed by atoms with Crippen LogP contribution in [-0.4, -0.2) is 53.5 Å². The smallest absolute Gasteiger partial charge is 0.222 e. The summed E-state index contributed by atoms with van der Waals surface area (Å²) < 4.78 is 0. The number of amides is 1. The van der Waals surface area contributed by atoms with E-state index in [1.165, 1.54) is 19.3 Å². The molecule has 3 atom stereocenters. The van der Waals surface area contributed by atoms with E-state index in [0.717, 1.165) is 32.2 Å². The van der Waals surface area contributed by atoms with Gasteiger partial charge in [0.1, 0.15) is 0 Å². The van der Waals surface area contributed by atoms with Crippen LogP contribution in [0.25, 0.3) is 0 Å². The Morgan fingerprint density at radius 2 is 1.78 bits per heavy atom. The highest BCUT2D eigenvalue weighted by atomic mass is 16.2. The van der Waals surface area contributed by atoms with Gasteiger partial charge in [-0.3, -0.25) is 9.69 Å². The second kappa shape index (κ2) is 4.82. The molecule has 4 nitrogen and oxygen atoms in total. The van der Waals surface area contributed by atoms with Gasteiger partial charge in [-0.15, -0.1) is 0 Å². The Morgan fingerprint density at radius 3 is 2.39 bits per heavy atom. The van der Waals surface area contributed by atoms with E-state index in [4.69, 9.17) is 5.73 Å². The third-order valence-electron chi connectivity index (χ3n) is 5.09. The molecular weight excluding hydrogens is 226 g/mol. The van der Waals surface area contributed by atoms with E-state index in [1.54, 1.807) is 0 Å². The topological polar surface area (TPSA) is 49.6 Å². The number of hydrogen-bond acceptors (Lipinski definition) is 3. The Bertz CT molecular complexity index is 319. The van der Waals surface area contributed by atoms with Crippen LogP contribution in [0.4, 0.5) is 0 Å². The monoisotopic (exact) mass is 251 g/mol. The first kappa shape index (κ1) is 12.4. The van der Waals surface area contributed by atoms with Gasteiger partial charge in [0.15, 0.2) is 0 Å². The molecule has 0 saturated carbocycles. The van der Waals surface area contributed by atoms with E-state index in [9.17, 15) is 4.79 Å². The fourth-order valence-electron chi connectivity index (χ4n) is 4.29. The van der Waals surface area contributed by atoms with Gasteiger partial charge in [0.2, 0.25) is 5.91 Å². The van der Waals surface area contributed by atoms with Crippen molar-refractivity contribution in [3.05, 3.63) is 0 Å². The summed E-state index contributed by atoms with van der Waals surface area (Å²) in [6.07, 6.45) is 8.06. The van der Waals surface area contributed by atoms with Gasteiger partial charge in [-0.25, -0.2) is 0 Å². The fraction of sp³-hybridized carbons (Fsp3) is 0.929. The maximum atomic E-state index is 11.6. The van der Waals surface area contributed by atoms with Crippen molar-refractivity contribution in [1.82, 2.24) is 9.80 Å². The first-order chi connectivity index (χ1) is 8.65. The van der Waals surface area contributed by atoms with Gasteiger partial charge in [0, 0.05) is 44.2 Å². The Kier molecular flexibility index (Phi) is 3.32. The van der Waals surface area contributed by atoms with Gasteiger partial charge in [-0.1, -0.05) is 6.42 Å². The summed E-state index contributed by atoms with van der Waals surface area (Å²) in [5.41, 5.74) is 6.17. The molecule has 2 bridgehead atoms. The van der Waals surface area contributed by atoms with Crippen LogP contribution in [0, 0.1) is 0 Å². The zero-order valence-corrected chi connectivity index (χ0v) is 11.3. The largest absolute Gasteiger partial charge is 0.344 e. The molecule has 102 valence electrons. The van der Waals surface area contributed by atoms with Crippen molar-refractivity contribution in [2.45, 2.75) is 69.1 Å². The van der Waals surface area contributed by atoms with Crippen molar-refractivity contribution in [2.24, 2.45) is 5.73 Å². The third-order valence-corrected chi connectivity index (χ3v) is 5.09. The van der Waals surface area contributed by atoms with Crippen molar-refractivity contribution in [2.75, 3.05) is 13.6 Å². The Hall–Kier alpha value is -0.610. The molecule has 3 aliphatic rings. The highest BCUT2D eigenvalue weighted by molar-refractivity contribution is 5.76. The minimum atomic E-state index is 0.310. The molecule has 0 radical (unpaired) electrons. The molecule has 3 saturated heterocycles. The second-order valence-corrected chi connectivity index (χ2v) is 6.38. The lowest BCUT2D eigenvalue weighted by atomic mass is 9.80. The summed E-state index contributed by atoms with van der Waals surface area (Å²) >= 11 is 0. The van der Waals surface area contributed by atoms with Crippen LogP contribution in [0.15, 0.2) is 0 Å². The molecule has 3 unspecified atom stereocenters. The molecule has 0 aromatic carbocycles. The van der Waals surface area contributed by atoms with E-state index in [2.05, 4.69) is 4.90 Å². The van der Waals surface area contributed by atoms with Crippen molar-refractivity contribution in [1.29, 1.82) is 0 Å². The lowest BCUT2D eigenvalue weighted by Crippen LogP contribution is -2.62. The normalized spacial score (nSPS) is 42.1. The highest BCUT2D eigenvalue weighted by Crippen LogP contribution is 2.36. The van der Waals surface area contributed by atoms with Crippen LogP contribution in [0.5, 0.6) is 0 Å². The summed E-state index contributed by atoms with van der Waals surface area (Å²) in [4.78, 5) is 16.3. The number of carbonyl (C=O) groups is 1. The number of carbonyl (C=O) groups excluding carboxylic acids is 1. The molecule has 1 amide bonds. The molecule has 4 heteroatoms. The molecule has 3 fully saturated rings. The molecule has 3 rings (SSSR count). The summed E-state index contributed by atoms with van der Waals surface area (Å²) in [7, 11) is 1.94. The van der Waals surface area contributed by atoms with Gasteiger partial charge < -0.3 is 10.6 Å². The molecule has 2 N–H and O–H groups in total. The number of fused-ring (bicyclic) bond motifs is 2. The number of piperidine rings is 3. The average molecular weight is 251 g/mol. The van der Waals surface area contributed by atoms with E-state index >= 15 is 0 Å². The van der Waals surface area contributed by atoms with Gasteiger partial charge in [0.05, 0.1) is 0 Å². The maximum absolute atomic E-state index is 11.6. The van der Waals surface area contributed by atoms with Crippen LogP contribution < -0.4 is 5.73 Å². The molecule has 0 aromatic heterocycles. The minimum absolute atomic E-state index is 0.310. The van der Waals surface area contributed by atoms with Crippen LogP contribution in [-0.2, 0) is 4.79 Å². The maximum Gasteiger partial charge on any atom is 0.222 e. The van der Waals surface area contributed by atoms with Crippen molar-refractivity contribution < 1.29 is 4.79 Å². The highest BCUT2D eigenvalue weighted by Gasteiger charge is 2.42. The summed E-state index contributed by atoms with van der Waals surface area (Å²) in [5, 5.41) is 0. The standard InChI is InChI=1S/C14H25N3O/c1-16-9-13(5-6-14(16)18)17-11-3-2-4-12(17)8-10(15)7-11/h10-13H,2-9,15H2,1H3. The van der Waals surface area contributed by atoms with Gasteiger partial charge in [0.25, 0.3) is 0 Å². The van der Waals surface area contributed by atoms with E-state index in [1.807, 2.05) is 11.9 Å². The van der Waals surface area contributed by atoms with Crippen LogP contribution in [0.2, 0.25) is 0 Å². The molecule has 0 spiro atoms. The number of rotatable bonds is 1. The number of nitrogens with zero attached hydrogens (tertiary/aromatic N) is 2. The van der Waals surface area contributed by atoms with E-state index in [0.29, 0.717) is 30.1 Å². The molecule has 0 aliphatic carbocycles.